The van der Waals surface area contributed by atoms with Gasteiger partial charge in [0.15, 0.2) is 0 Å². The van der Waals surface area contributed by atoms with Crippen LogP contribution in [-0.2, 0) is 20.8 Å². The van der Waals surface area contributed by atoms with Gasteiger partial charge in [0.25, 0.3) is 0 Å². The van der Waals surface area contributed by atoms with Crippen LogP contribution in [0.1, 0.15) is 43.6 Å². The number of hydrogen-bond donors (Lipinski definition) is 2. The largest absolute Gasteiger partial charge is 0.393 e. The summed E-state index contributed by atoms with van der Waals surface area (Å²) in [7, 11) is 3.18. The number of carbonyl (C=O) groups is 3. The summed E-state index contributed by atoms with van der Waals surface area (Å²) in [4.78, 5) is 44.1. The number of nitrogens with two attached hydrogens (primary N) is 1. The Kier molecular flexibility index (Phi) is 13.5. The second kappa shape index (κ2) is 17.1. The summed E-state index contributed by atoms with van der Waals surface area (Å²) in [5.74, 6) is -0.720. The fourth-order valence-corrected chi connectivity index (χ4v) is 5.58. The molecule has 1 aromatic heterocycles. The Morgan fingerprint density at radius 3 is 2.20 bits per heavy atom. The lowest BCUT2D eigenvalue weighted by Gasteiger charge is -2.36. The molecule has 242 valence electrons. The van der Waals surface area contributed by atoms with Gasteiger partial charge in [-0.15, -0.1) is 11.3 Å². The highest BCUT2D eigenvalue weighted by Crippen LogP contribution is 2.20. The van der Waals surface area contributed by atoms with Gasteiger partial charge in [-0.2, -0.15) is 0 Å². The summed E-state index contributed by atoms with van der Waals surface area (Å²) in [6.45, 7) is 6.68. The number of aliphatic hydroxyl groups is 1. The van der Waals surface area contributed by atoms with Crippen molar-refractivity contribution in [3.8, 4) is 11.1 Å². The van der Waals surface area contributed by atoms with E-state index in [2.05, 4.69) is 55.5 Å². The maximum Gasteiger partial charge on any atom is 0.246 e. The Labute approximate surface area is 272 Å². The molecule has 3 amide bonds. The first-order valence-electron chi connectivity index (χ1n) is 15.4. The summed E-state index contributed by atoms with van der Waals surface area (Å²) in [6, 6.07) is 22.2. The van der Waals surface area contributed by atoms with Crippen LogP contribution < -0.4 is 5.73 Å². The summed E-state index contributed by atoms with van der Waals surface area (Å²) < 4.78 is 0. The number of aliphatic hydroxyl groups excluding tert-OH is 1. The molecule has 1 unspecified atom stereocenters. The zero-order valence-corrected chi connectivity index (χ0v) is 28.0. The van der Waals surface area contributed by atoms with E-state index >= 15 is 0 Å². The Morgan fingerprint density at radius 1 is 1.00 bits per heavy atom. The fourth-order valence-electron chi connectivity index (χ4n) is 4.84. The summed E-state index contributed by atoms with van der Waals surface area (Å²) in [5, 5.41) is 11.7. The molecule has 1 fully saturated rings. The highest BCUT2D eigenvalue weighted by molar-refractivity contribution is 7.09. The fraction of sp³-hybridized carbons (Fsp3) is 0.417. The zero-order chi connectivity index (χ0) is 33.0. The summed E-state index contributed by atoms with van der Waals surface area (Å²) >= 11 is 1.54. The number of likely N-dealkylation sites (N-methyl/N-ethyl adjacent to an activating group) is 2. The van der Waals surface area contributed by atoms with Crippen molar-refractivity contribution in [3.05, 3.63) is 94.7 Å². The van der Waals surface area contributed by atoms with Crippen LogP contribution >= 0.6 is 11.3 Å². The topological polar surface area (TPSA) is 107 Å². The molecule has 0 saturated carbocycles. The molecule has 2 heterocycles. The van der Waals surface area contributed by atoms with Crippen molar-refractivity contribution in [1.29, 1.82) is 0 Å². The predicted octanol–water partition coefficient (Wildman–Crippen LogP) is 4.90. The van der Waals surface area contributed by atoms with Crippen molar-refractivity contribution in [2.24, 2.45) is 5.73 Å². The summed E-state index contributed by atoms with van der Waals surface area (Å²) in [6.07, 6.45) is 4.79. The van der Waals surface area contributed by atoms with E-state index in [4.69, 9.17) is 5.73 Å². The van der Waals surface area contributed by atoms with E-state index < -0.39 is 11.6 Å². The normalized spacial score (nSPS) is 14.4. The van der Waals surface area contributed by atoms with Gasteiger partial charge >= 0.3 is 0 Å². The average molecular weight is 633 g/mol. The monoisotopic (exact) mass is 632 g/mol. The average Bonchev–Trinajstić information content (AvgIpc) is 3.53. The number of nitrogens with zero attached hydrogens (tertiary/aromatic N) is 3. The van der Waals surface area contributed by atoms with Gasteiger partial charge < -0.3 is 25.5 Å². The molecule has 0 aliphatic carbocycles. The number of likely N-dealkylation sites (tertiary alicyclic amines) is 1. The van der Waals surface area contributed by atoms with E-state index in [1.165, 1.54) is 32.6 Å². The first-order valence-corrected chi connectivity index (χ1v) is 16.3. The van der Waals surface area contributed by atoms with Crippen molar-refractivity contribution in [1.82, 2.24) is 14.7 Å². The number of rotatable bonds is 10. The van der Waals surface area contributed by atoms with Gasteiger partial charge in [0.2, 0.25) is 17.7 Å². The Morgan fingerprint density at radius 2 is 1.62 bits per heavy atom. The van der Waals surface area contributed by atoms with Gasteiger partial charge in [0, 0.05) is 44.0 Å². The van der Waals surface area contributed by atoms with Gasteiger partial charge in [-0.3, -0.25) is 14.4 Å². The van der Waals surface area contributed by atoms with Crippen LogP contribution in [0.3, 0.4) is 0 Å². The molecule has 3 aromatic rings. The summed E-state index contributed by atoms with van der Waals surface area (Å²) in [5.41, 5.74) is 9.38. The maximum atomic E-state index is 13.3. The van der Waals surface area contributed by atoms with Crippen LogP contribution in [0.15, 0.2) is 84.3 Å². The lowest BCUT2D eigenvalue weighted by atomic mass is 10.0. The first kappa shape index (κ1) is 35.7. The van der Waals surface area contributed by atoms with Gasteiger partial charge in [0.05, 0.1) is 12.6 Å². The molecule has 2 aromatic carbocycles. The SMILES string of the molecule is CN(CC(=O)N(C)C(Cc1cccs1)C(=O)N1CCC(O)CC1)C(=O)/C=C/CC(C)(C)N.Cc1ccc(-c2ccccc2)cc1. The van der Waals surface area contributed by atoms with Crippen molar-refractivity contribution in [2.45, 2.75) is 64.1 Å². The third-order valence-electron chi connectivity index (χ3n) is 7.71. The van der Waals surface area contributed by atoms with Crippen LogP contribution in [0.2, 0.25) is 0 Å². The standard InChI is InChI=1S/C23H36N4O4S.C13H12/c1-23(2,24)11-5-8-20(29)25(3)16-21(30)26(4)19(15-18-7-6-14-32-18)22(31)27-12-9-17(28)10-13-27;1-11-7-9-13(10-8-11)12-5-3-2-4-6-12/h5-8,14,17,19,28H,9-13,15-16,24H2,1-4H3;2-10H,1H3/b8-5+;. The second-order valence-electron chi connectivity index (χ2n) is 12.4. The van der Waals surface area contributed by atoms with Gasteiger partial charge in [-0.25, -0.2) is 0 Å². The van der Waals surface area contributed by atoms with Crippen molar-refractivity contribution < 1.29 is 19.5 Å². The minimum atomic E-state index is -0.659. The third-order valence-corrected chi connectivity index (χ3v) is 8.61. The van der Waals surface area contributed by atoms with E-state index in [-0.39, 0.29) is 30.4 Å². The van der Waals surface area contributed by atoms with Crippen LogP contribution in [-0.4, -0.2) is 88.9 Å². The molecule has 0 bridgehead atoms. The predicted molar refractivity (Wildman–Crippen MR) is 183 cm³/mol. The first-order chi connectivity index (χ1) is 21.3. The lowest BCUT2D eigenvalue weighted by Crippen LogP contribution is -2.54. The molecule has 1 aliphatic heterocycles. The molecular formula is C36H48N4O4S. The number of amides is 3. The van der Waals surface area contributed by atoms with E-state index in [0.717, 1.165) is 4.88 Å². The number of hydrogen-bond acceptors (Lipinski definition) is 6. The third kappa shape index (κ3) is 11.9. The number of benzene rings is 2. The quantitative estimate of drug-likeness (QED) is 0.309. The van der Waals surface area contributed by atoms with Crippen molar-refractivity contribution >= 4 is 29.1 Å². The van der Waals surface area contributed by atoms with E-state index in [0.29, 0.717) is 38.8 Å². The van der Waals surface area contributed by atoms with E-state index in [1.807, 2.05) is 37.4 Å². The maximum absolute atomic E-state index is 13.3. The Balaban J connectivity index is 0.000000350. The van der Waals surface area contributed by atoms with Gasteiger partial charge in [-0.05, 0) is 68.7 Å². The molecule has 8 nitrogen and oxygen atoms in total. The van der Waals surface area contributed by atoms with Crippen LogP contribution in [0.5, 0.6) is 0 Å². The van der Waals surface area contributed by atoms with Crippen molar-refractivity contribution in [2.75, 3.05) is 33.7 Å². The zero-order valence-electron chi connectivity index (χ0n) is 27.2. The van der Waals surface area contributed by atoms with Gasteiger partial charge in [0.1, 0.15) is 6.04 Å². The molecule has 9 heteroatoms. The minimum Gasteiger partial charge on any atom is -0.393 e. The highest BCUT2D eigenvalue weighted by atomic mass is 32.1. The molecule has 1 saturated heterocycles. The number of aryl methyl sites for hydroxylation is 1. The molecule has 0 radical (unpaired) electrons. The minimum absolute atomic E-state index is 0.125. The molecule has 0 spiro atoms. The number of piperidine rings is 1. The van der Waals surface area contributed by atoms with Gasteiger partial charge in [-0.1, -0.05) is 72.3 Å². The molecule has 45 heavy (non-hydrogen) atoms. The molecule has 1 aliphatic rings. The number of thiophene rings is 1. The Bertz CT molecular complexity index is 1380. The van der Waals surface area contributed by atoms with Crippen LogP contribution in [0, 0.1) is 6.92 Å². The lowest BCUT2D eigenvalue weighted by molar-refractivity contribution is -0.147. The molecule has 1 atom stereocenters. The highest BCUT2D eigenvalue weighted by Gasteiger charge is 2.33. The van der Waals surface area contributed by atoms with E-state index in [1.54, 1.807) is 36.4 Å². The molecule has 4 rings (SSSR count). The number of carbonyl (C=O) groups excluding carboxylic acids is 3. The second-order valence-corrected chi connectivity index (χ2v) is 13.4. The van der Waals surface area contributed by atoms with Crippen LogP contribution in [0.25, 0.3) is 11.1 Å². The van der Waals surface area contributed by atoms with Crippen LogP contribution in [0.4, 0.5) is 0 Å². The van der Waals surface area contributed by atoms with Crippen molar-refractivity contribution in [3.63, 3.8) is 0 Å². The molecular weight excluding hydrogens is 584 g/mol. The smallest absolute Gasteiger partial charge is 0.246 e. The Hall–Kier alpha value is -3.79. The van der Waals surface area contributed by atoms with E-state index in [9.17, 15) is 19.5 Å². The molecule has 3 N–H and O–H groups in total.